The molecule has 0 radical (unpaired) electrons. The zero-order chi connectivity index (χ0) is 21.2. The van der Waals surface area contributed by atoms with E-state index in [9.17, 15) is 13.2 Å². The highest BCUT2D eigenvalue weighted by Crippen LogP contribution is 2.40. The van der Waals surface area contributed by atoms with Crippen LogP contribution in [0, 0.1) is 0 Å². The van der Waals surface area contributed by atoms with Crippen molar-refractivity contribution in [2.45, 2.75) is 5.75 Å². The summed E-state index contributed by atoms with van der Waals surface area (Å²) in [4.78, 5) is 16.2. The summed E-state index contributed by atoms with van der Waals surface area (Å²) in [5.74, 6) is -0.680. The number of rotatable bonds is 6. The van der Waals surface area contributed by atoms with Crippen LogP contribution in [0.2, 0.25) is 5.02 Å². The van der Waals surface area contributed by atoms with E-state index in [1.54, 1.807) is 36.5 Å². The van der Waals surface area contributed by atoms with Gasteiger partial charge in [0.05, 0.1) is 24.1 Å². The fourth-order valence-electron chi connectivity index (χ4n) is 3.15. The van der Waals surface area contributed by atoms with Crippen LogP contribution in [0.5, 0.6) is 5.75 Å². The van der Waals surface area contributed by atoms with Gasteiger partial charge in [0.2, 0.25) is 0 Å². The van der Waals surface area contributed by atoms with Crippen LogP contribution in [0.4, 0.5) is 0 Å². The maximum absolute atomic E-state index is 12.0. The number of hydrogen-bond donors (Lipinski definition) is 1. The van der Waals surface area contributed by atoms with Gasteiger partial charge in [-0.2, -0.15) is 0 Å². The second-order valence-corrected chi connectivity index (χ2v) is 9.07. The van der Waals surface area contributed by atoms with Crippen LogP contribution in [-0.2, 0) is 15.6 Å². The minimum absolute atomic E-state index is 0.161. The Bertz CT molecular complexity index is 1180. The van der Waals surface area contributed by atoms with Crippen LogP contribution in [0.3, 0.4) is 0 Å². The van der Waals surface area contributed by atoms with E-state index < -0.39 is 15.7 Å². The molecule has 0 fully saturated rings. The van der Waals surface area contributed by atoms with Crippen molar-refractivity contribution in [3.63, 3.8) is 0 Å². The third-order valence-electron chi connectivity index (χ3n) is 4.33. The smallest absolute Gasteiger partial charge is 0.252 e. The lowest BCUT2D eigenvalue weighted by atomic mass is 9.94. The monoisotopic (exact) mass is 430 g/mol. The molecule has 6 nitrogen and oxygen atoms in total. The summed E-state index contributed by atoms with van der Waals surface area (Å²) in [5.41, 5.74) is 8.58. The number of nitrogens with zero attached hydrogens (tertiary/aromatic N) is 1. The van der Waals surface area contributed by atoms with Gasteiger partial charge in [-0.05, 0) is 41.5 Å². The van der Waals surface area contributed by atoms with Crippen molar-refractivity contribution in [1.29, 1.82) is 0 Å². The Morgan fingerprint density at radius 1 is 1.17 bits per heavy atom. The lowest BCUT2D eigenvalue weighted by molar-refractivity contribution is 0.0997. The van der Waals surface area contributed by atoms with Gasteiger partial charge in [0.15, 0.2) is 9.84 Å². The first-order chi connectivity index (χ1) is 13.7. The first kappa shape index (κ1) is 20.8. The van der Waals surface area contributed by atoms with Gasteiger partial charge in [-0.1, -0.05) is 29.8 Å². The van der Waals surface area contributed by atoms with E-state index in [0.717, 1.165) is 6.26 Å². The highest BCUT2D eigenvalue weighted by molar-refractivity contribution is 7.89. The van der Waals surface area contributed by atoms with Gasteiger partial charge in [0.1, 0.15) is 5.75 Å². The molecule has 0 aliphatic rings. The lowest BCUT2D eigenvalue weighted by Gasteiger charge is -2.17. The quantitative estimate of drug-likeness (QED) is 0.642. The molecule has 0 spiro atoms. The molecule has 1 heterocycles. The summed E-state index contributed by atoms with van der Waals surface area (Å²) in [6, 6.07) is 13.7. The van der Waals surface area contributed by atoms with Crippen LogP contribution in [0.25, 0.3) is 22.4 Å². The van der Waals surface area contributed by atoms with Crippen molar-refractivity contribution in [2.75, 3.05) is 13.4 Å². The first-order valence-electron chi connectivity index (χ1n) is 8.60. The number of ether oxygens (including phenoxy) is 1. The highest BCUT2D eigenvalue weighted by atomic mass is 35.5. The molecule has 0 aliphatic heterocycles. The number of carbonyl (C=O) groups excluding carboxylic acids is 1. The van der Waals surface area contributed by atoms with Crippen LogP contribution >= 0.6 is 11.6 Å². The van der Waals surface area contributed by atoms with Gasteiger partial charge < -0.3 is 10.5 Å². The molecule has 0 bridgehead atoms. The summed E-state index contributed by atoms with van der Waals surface area (Å²) >= 11 is 6.38. The minimum Gasteiger partial charge on any atom is -0.495 e. The molecule has 8 heteroatoms. The Balaban J connectivity index is 2.31. The molecule has 0 unspecified atom stereocenters. The van der Waals surface area contributed by atoms with Crippen LogP contribution < -0.4 is 10.5 Å². The number of benzene rings is 2. The predicted octanol–water partition coefficient (Wildman–Crippen LogP) is 3.72. The Kier molecular flexibility index (Phi) is 5.91. The van der Waals surface area contributed by atoms with E-state index in [4.69, 9.17) is 22.1 Å². The zero-order valence-corrected chi connectivity index (χ0v) is 17.4. The molecule has 150 valence electrons. The van der Waals surface area contributed by atoms with Gasteiger partial charge in [-0.3, -0.25) is 9.78 Å². The van der Waals surface area contributed by atoms with Crippen molar-refractivity contribution < 1.29 is 17.9 Å². The average Bonchev–Trinajstić information content (AvgIpc) is 2.67. The van der Waals surface area contributed by atoms with Crippen molar-refractivity contribution in [1.82, 2.24) is 4.98 Å². The summed E-state index contributed by atoms with van der Waals surface area (Å²) in [6.07, 6.45) is 2.80. The van der Waals surface area contributed by atoms with E-state index in [1.807, 2.05) is 12.1 Å². The van der Waals surface area contributed by atoms with E-state index in [2.05, 4.69) is 4.98 Å². The number of pyridine rings is 1. The summed E-state index contributed by atoms with van der Waals surface area (Å²) in [5, 5.41) is 0.488. The van der Waals surface area contributed by atoms with Crippen molar-refractivity contribution in [3.05, 3.63) is 70.9 Å². The van der Waals surface area contributed by atoms with Crippen LogP contribution in [-0.4, -0.2) is 32.7 Å². The highest BCUT2D eigenvalue weighted by Gasteiger charge is 2.22. The second-order valence-electron chi connectivity index (χ2n) is 6.52. The first-order valence-corrected chi connectivity index (χ1v) is 11.0. The number of halogens is 1. The van der Waals surface area contributed by atoms with Gasteiger partial charge in [-0.15, -0.1) is 0 Å². The molecule has 3 aromatic rings. The maximum Gasteiger partial charge on any atom is 0.252 e. The van der Waals surface area contributed by atoms with Crippen LogP contribution in [0.15, 0.2) is 54.7 Å². The van der Waals surface area contributed by atoms with Crippen LogP contribution in [0.1, 0.15) is 15.9 Å². The van der Waals surface area contributed by atoms with E-state index in [-0.39, 0.29) is 17.1 Å². The number of primary amides is 1. The number of carbonyl (C=O) groups is 1. The van der Waals surface area contributed by atoms with E-state index >= 15 is 0 Å². The predicted molar refractivity (Wildman–Crippen MR) is 114 cm³/mol. The maximum atomic E-state index is 12.0. The average molecular weight is 431 g/mol. The molecular weight excluding hydrogens is 412 g/mol. The molecule has 1 aromatic heterocycles. The standard InChI is InChI=1S/C21H19ClN2O4S/c1-28-20-15(21(23)25)8-6-14(12-29(2,26)27)19(20)13-7-9-17(22)16(11-13)18-5-3-4-10-24-18/h3-11H,12H2,1-2H3,(H2,23,25). The van der Waals surface area contributed by atoms with Crippen molar-refractivity contribution in [2.24, 2.45) is 5.73 Å². The SMILES string of the molecule is COc1c(C(N)=O)ccc(CS(C)(=O)=O)c1-c1ccc(Cl)c(-c2ccccn2)c1. The van der Waals surface area contributed by atoms with E-state index in [0.29, 0.717) is 33.0 Å². The fourth-order valence-corrected chi connectivity index (χ4v) is 4.17. The fraction of sp³-hybridized carbons (Fsp3) is 0.143. The summed E-state index contributed by atoms with van der Waals surface area (Å²) < 4.78 is 29.4. The van der Waals surface area contributed by atoms with Gasteiger partial charge in [-0.25, -0.2) is 8.42 Å². The molecule has 1 amide bonds. The zero-order valence-electron chi connectivity index (χ0n) is 15.8. The van der Waals surface area contributed by atoms with Crippen molar-refractivity contribution in [3.8, 4) is 28.1 Å². The number of nitrogens with two attached hydrogens (primary N) is 1. The molecule has 0 atom stereocenters. The number of sulfone groups is 1. The molecule has 0 saturated heterocycles. The Morgan fingerprint density at radius 2 is 1.93 bits per heavy atom. The second kappa shape index (κ2) is 8.23. The third-order valence-corrected chi connectivity index (χ3v) is 5.49. The summed E-state index contributed by atoms with van der Waals surface area (Å²) in [7, 11) is -1.94. The third kappa shape index (κ3) is 4.58. The van der Waals surface area contributed by atoms with Gasteiger partial charge >= 0.3 is 0 Å². The van der Waals surface area contributed by atoms with Gasteiger partial charge in [0.25, 0.3) is 5.91 Å². The molecule has 0 saturated carbocycles. The van der Waals surface area contributed by atoms with Crippen molar-refractivity contribution >= 4 is 27.3 Å². The molecular formula is C21H19ClN2O4S. The molecule has 2 aromatic carbocycles. The van der Waals surface area contributed by atoms with E-state index in [1.165, 1.54) is 13.2 Å². The molecule has 29 heavy (non-hydrogen) atoms. The lowest BCUT2D eigenvalue weighted by Crippen LogP contribution is -2.14. The molecule has 0 aliphatic carbocycles. The largest absolute Gasteiger partial charge is 0.495 e. The Hall–Kier alpha value is -2.90. The number of amides is 1. The Morgan fingerprint density at radius 3 is 2.52 bits per heavy atom. The molecule has 3 rings (SSSR count). The number of aromatic nitrogens is 1. The number of hydrogen-bond acceptors (Lipinski definition) is 5. The minimum atomic E-state index is -3.35. The molecule has 2 N–H and O–H groups in total. The Labute approximate surface area is 174 Å². The topological polar surface area (TPSA) is 99.4 Å². The normalized spacial score (nSPS) is 11.3. The van der Waals surface area contributed by atoms with Gasteiger partial charge in [0, 0.05) is 28.6 Å². The number of methoxy groups -OCH3 is 1. The summed E-state index contributed by atoms with van der Waals surface area (Å²) in [6.45, 7) is 0.